The molecular formula is C17H19FN3O2+. The molecule has 0 aliphatic heterocycles. The maximum Gasteiger partial charge on any atom is 0.319 e. The topological polar surface area (TPSA) is 88.8 Å². The van der Waals surface area contributed by atoms with Crippen LogP contribution >= 0.6 is 0 Å². The molecule has 2 rings (SSSR count). The average molecular weight is 316 g/mol. The Balaban J connectivity index is 2.01. The number of hydrogen-bond acceptors (Lipinski definition) is 2. The number of carbonyl (C=O) groups is 2. The van der Waals surface area contributed by atoms with E-state index in [0.29, 0.717) is 13.0 Å². The first kappa shape index (κ1) is 16.6. The molecule has 3 amide bonds. The van der Waals surface area contributed by atoms with Crippen LogP contribution in [-0.4, -0.2) is 18.5 Å². The second-order valence-electron chi connectivity index (χ2n) is 5.14. The first-order valence-corrected chi connectivity index (χ1v) is 7.29. The fourth-order valence-electron chi connectivity index (χ4n) is 2.32. The quantitative estimate of drug-likeness (QED) is 0.738. The van der Waals surface area contributed by atoms with Crippen molar-refractivity contribution in [1.82, 2.24) is 5.32 Å². The van der Waals surface area contributed by atoms with Crippen LogP contribution in [0.4, 0.5) is 9.18 Å². The maximum atomic E-state index is 12.9. The zero-order valence-corrected chi connectivity index (χ0v) is 12.5. The van der Waals surface area contributed by atoms with E-state index in [-0.39, 0.29) is 5.82 Å². The van der Waals surface area contributed by atoms with Gasteiger partial charge in [0.05, 0.1) is 6.54 Å². The Bertz CT molecular complexity index is 659. The summed E-state index contributed by atoms with van der Waals surface area (Å²) < 4.78 is 12.9. The van der Waals surface area contributed by atoms with E-state index in [9.17, 15) is 14.0 Å². The lowest BCUT2D eigenvalue weighted by atomic mass is 10.1. The van der Waals surface area contributed by atoms with Gasteiger partial charge in [-0.25, -0.2) is 9.18 Å². The van der Waals surface area contributed by atoms with Gasteiger partial charge in [-0.1, -0.05) is 42.5 Å². The second kappa shape index (κ2) is 8.05. The number of nitrogens with two attached hydrogens (primary N) is 2. The van der Waals surface area contributed by atoms with Gasteiger partial charge in [0.25, 0.3) is 5.91 Å². The van der Waals surface area contributed by atoms with Gasteiger partial charge in [-0.15, -0.1) is 0 Å². The highest BCUT2D eigenvalue weighted by Gasteiger charge is 2.24. The molecule has 5 N–H and O–H groups in total. The molecule has 0 aliphatic carbocycles. The van der Waals surface area contributed by atoms with Gasteiger partial charge in [0.2, 0.25) is 0 Å². The molecule has 1 atom stereocenters. The van der Waals surface area contributed by atoms with Crippen molar-refractivity contribution in [3.8, 4) is 0 Å². The molecule has 6 heteroatoms. The standard InChI is InChI=1S/C17H18FN3O2/c18-14-8-6-12(7-9-14)10-11-20-15(16(22)21-17(19)23)13-4-2-1-3-5-13/h1-9,15,20H,10-11H2,(H3,19,21,22,23)/p+1/t15-/m0/s1. The number of nitrogens with one attached hydrogen (secondary N) is 1. The molecule has 0 radical (unpaired) electrons. The lowest BCUT2D eigenvalue weighted by molar-refractivity contribution is -0.682. The van der Waals surface area contributed by atoms with Gasteiger partial charge in [-0.3, -0.25) is 10.1 Å². The molecule has 0 bridgehead atoms. The van der Waals surface area contributed by atoms with Crippen LogP contribution in [0.25, 0.3) is 0 Å². The van der Waals surface area contributed by atoms with E-state index >= 15 is 0 Å². The van der Waals surface area contributed by atoms with Gasteiger partial charge in [0, 0.05) is 12.0 Å². The number of primary amides is 1. The van der Waals surface area contributed by atoms with Gasteiger partial charge < -0.3 is 11.1 Å². The van der Waals surface area contributed by atoms with Crippen molar-refractivity contribution in [3.63, 3.8) is 0 Å². The molecule has 0 unspecified atom stereocenters. The number of quaternary nitrogens is 1. The summed E-state index contributed by atoms with van der Waals surface area (Å²) >= 11 is 0. The zero-order valence-electron chi connectivity index (χ0n) is 12.5. The molecule has 0 saturated carbocycles. The Morgan fingerprint density at radius 3 is 2.35 bits per heavy atom. The number of imide groups is 1. The predicted molar refractivity (Wildman–Crippen MR) is 83.8 cm³/mol. The van der Waals surface area contributed by atoms with E-state index < -0.39 is 18.0 Å². The van der Waals surface area contributed by atoms with Gasteiger partial charge in [0.15, 0.2) is 6.04 Å². The van der Waals surface area contributed by atoms with Crippen molar-refractivity contribution < 1.29 is 19.3 Å². The molecule has 0 fully saturated rings. The minimum Gasteiger partial charge on any atom is -0.351 e. The number of hydrogen-bond donors (Lipinski definition) is 3. The fourth-order valence-corrected chi connectivity index (χ4v) is 2.32. The smallest absolute Gasteiger partial charge is 0.319 e. The predicted octanol–water partition coefficient (Wildman–Crippen LogP) is 0.868. The van der Waals surface area contributed by atoms with Crippen LogP contribution < -0.4 is 16.4 Å². The minimum absolute atomic E-state index is 0.277. The van der Waals surface area contributed by atoms with Crippen molar-refractivity contribution in [2.24, 2.45) is 5.73 Å². The van der Waals surface area contributed by atoms with Crippen LogP contribution in [0.3, 0.4) is 0 Å². The summed E-state index contributed by atoms with van der Waals surface area (Å²) in [6.45, 7) is 0.609. The molecule has 0 heterocycles. The molecule has 0 aliphatic rings. The van der Waals surface area contributed by atoms with E-state index in [1.165, 1.54) is 12.1 Å². The van der Waals surface area contributed by atoms with Gasteiger partial charge >= 0.3 is 6.03 Å². The van der Waals surface area contributed by atoms with Crippen molar-refractivity contribution in [2.75, 3.05) is 6.54 Å². The number of carbonyl (C=O) groups excluding carboxylic acids is 2. The molecule has 120 valence electrons. The molecule has 5 nitrogen and oxygen atoms in total. The van der Waals surface area contributed by atoms with Crippen molar-refractivity contribution >= 4 is 11.9 Å². The lowest BCUT2D eigenvalue weighted by Gasteiger charge is -2.14. The van der Waals surface area contributed by atoms with Gasteiger partial charge in [0.1, 0.15) is 5.82 Å². The van der Waals surface area contributed by atoms with E-state index in [0.717, 1.165) is 11.1 Å². The zero-order chi connectivity index (χ0) is 16.7. The highest BCUT2D eigenvalue weighted by atomic mass is 19.1. The van der Waals surface area contributed by atoms with Crippen LogP contribution in [0.1, 0.15) is 17.2 Å². The number of benzene rings is 2. The third kappa shape index (κ3) is 5.19. The highest BCUT2D eigenvalue weighted by molar-refractivity contribution is 5.96. The third-order valence-electron chi connectivity index (χ3n) is 3.44. The van der Waals surface area contributed by atoms with Crippen LogP contribution in [0.2, 0.25) is 0 Å². The Labute approximate surface area is 133 Å². The number of halogens is 1. The van der Waals surface area contributed by atoms with E-state index in [1.807, 2.05) is 35.6 Å². The van der Waals surface area contributed by atoms with E-state index in [1.54, 1.807) is 12.1 Å². The fraction of sp³-hybridized carbons (Fsp3) is 0.176. The van der Waals surface area contributed by atoms with Crippen molar-refractivity contribution in [1.29, 1.82) is 0 Å². The molecular weight excluding hydrogens is 297 g/mol. The minimum atomic E-state index is -0.872. The first-order chi connectivity index (χ1) is 11.1. The summed E-state index contributed by atoms with van der Waals surface area (Å²) in [4.78, 5) is 23.1. The SMILES string of the molecule is NC(=O)NC(=O)[C@@H]([NH2+]CCc1ccc(F)cc1)c1ccccc1. The number of urea groups is 1. The number of rotatable bonds is 6. The molecule has 23 heavy (non-hydrogen) atoms. The molecule has 2 aromatic rings. The summed E-state index contributed by atoms with van der Waals surface area (Å²) in [6.07, 6.45) is 0.674. The maximum absolute atomic E-state index is 12.9. The largest absolute Gasteiger partial charge is 0.351 e. The molecule has 0 saturated heterocycles. The van der Waals surface area contributed by atoms with Crippen molar-refractivity contribution in [2.45, 2.75) is 12.5 Å². The van der Waals surface area contributed by atoms with E-state index in [2.05, 4.69) is 5.32 Å². The normalized spacial score (nSPS) is 11.7. The van der Waals surface area contributed by atoms with Crippen LogP contribution in [0.5, 0.6) is 0 Å². The lowest BCUT2D eigenvalue weighted by Crippen LogP contribution is -2.88. The summed E-state index contributed by atoms with van der Waals surface area (Å²) in [5, 5.41) is 3.95. The molecule has 2 aromatic carbocycles. The van der Waals surface area contributed by atoms with Crippen LogP contribution in [0.15, 0.2) is 54.6 Å². The Kier molecular flexibility index (Phi) is 5.82. The van der Waals surface area contributed by atoms with Crippen LogP contribution in [0, 0.1) is 5.82 Å². The number of amides is 3. The molecule has 0 aromatic heterocycles. The summed E-state index contributed by atoms with van der Waals surface area (Å²) in [5.74, 6) is -0.733. The second-order valence-corrected chi connectivity index (χ2v) is 5.14. The van der Waals surface area contributed by atoms with E-state index in [4.69, 9.17) is 5.73 Å². The summed E-state index contributed by atoms with van der Waals surface area (Å²) in [6, 6.07) is 13.9. The summed E-state index contributed by atoms with van der Waals surface area (Å²) in [7, 11) is 0. The Morgan fingerprint density at radius 1 is 1.09 bits per heavy atom. The van der Waals surface area contributed by atoms with Gasteiger partial charge in [-0.05, 0) is 17.7 Å². The Hall–Kier alpha value is -2.73. The Morgan fingerprint density at radius 2 is 1.74 bits per heavy atom. The molecule has 0 spiro atoms. The monoisotopic (exact) mass is 316 g/mol. The van der Waals surface area contributed by atoms with Gasteiger partial charge in [-0.2, -0.15) is 0 Å². The summed E-state index contributed by atoms with van der Waals surface area (Å²) in [5.41, 5.74) is 6.78. The highest BCUT2D eigenvalue weighted by Crippen LogP contribution is 2.08. The van der Waals surface area contributed by atoms with Crippen molar-refractivity contribution in [3.05, 3.63) is 71.5 Å². The van der Waals surface area contributed by atoms with Crippen LogP contribution in [-0.2, 0) is 11.2 Å². The average Bonchev–Trinajstić information content (AvgIpc) is 2.53. The third-order valence-corrected chi connectivity index (χ3v) is 3.44. The first-order valence-electron chi connectivity index (χ1n) is 7.29.